The van der Waals surface area contributed by atoms with Crippen molar-refractivity contribution in [1.82, 2.24) is 0 Å². The number of aromatic hydroxyl groups is 1. The van der Waals surface area contributed by atoms with Crippen LogP contribution in [0.4, 0.5) is 17.1 Å². The number of ether oxygens (including phenoxy) is 1. The topological polar surface area (TPSA) is 108 Å². The summed E-state index contributed by atoms with van der Waals surface area (Å²) < 4.78 is 12.6. The van der Waals surface area contributed by atoms with E-state index in [2.05, 4.69) is 5.32 Å². The molecule has 5 aromatic rings. The molecule has 0 unspecified atom stereocenters. The van der Waals surface area contributed by atoms with Gasteiger partial charge in [0.05, 0.1) is 23.6 Å². The van der Waals surface area contributed by atoms with E-state index in [1.165, 1.54) is 4.90 Å². The Kier molecular flexibility index (Phi) is 10.2. The molecule has 0 saturated carbocycles. The number of fused-ring (bicyclic) bond motifs is 3. The molecule has 8 rings (SSSR count). The van der Waals surface area contributed by atoms with Gasteiger partial charge < -0.3 is 24.8 Å². The monoisotopic (exact) mass is 716 g/mol. The number of rotatable bonds is 11. The van der Waals surface area contributed by atoms with Gasteiger partial charge in [-0.2, -0.15) is 0 Å². The molecule has 8 nitrogen and oxygen atoms in total. The van der Waals surface area contributed by atoms with E-state index in [1.807, 2.05) is 121 Å². The van der Waals surface area contributed by atoms with E-state index in [0.29, 0.717) is 36.3 Å². The number of carbonyl (C=O) groups is 2. The van der Waals surface area contributed by atoms with Gasteiger partial charge in [0.25, 0.3) is 0 Å². The van der Waals surface area contributed by atoms with Crippen molar-refractivity contribution in [2.75, 3.05) is 16.8 Å². The number of hydrogen-bond donors (Lipinski definition) is 3. The van der Waals surface area contributed by atoms with Crippen LogP contribution in [0.15, 0.2) is 151 Å². The Morgan fingerprint density at radius 2 is 1.44 bits per heavy atom. The molecule has 4 atom stereocenters. The summed E-state index contributed by atoms with van der Waals surface area (Å²) in [6.07, 6.45) is 3.09. The maximum atomic E-state index is 14.4. The van der Waals surface area contributed by atoms with Gasteiger partial charge in [0, 0.05) is 16.9 Å². The standard InChI is InChI=1S/C45H41BN2O6/c49-40-19-11-10-14-32(40)26-31(30-12-4-1-5-13-30)20-25-41-42-33(29-53-37-17-8-3-9-18-37)27-38-43(39(42)28-46(52)54-41)45(51)48(44(38)50)36-23-21-35(22-24-36)47-34-15-6-2-7-16-34/h1-19,21-24,26,38-39,41,43,47,49,52H,20,25,27-29H2/b31-26-/t38-,39+,41-,43-/m1/s1. The third-order valence-electron chi connectivity index (χ3n) is 10.7. The Hall–Kier alpha value is -5.90. The zero-order valence-corrected chi connectivity index (χ0v) is 29.8. The zero-order valence-electron chi connectivity index (χ0n) is 29.8. The zero-order chi connectivity index (χ0) is 37.0. The minimum atomic E-state index is -1.11. The minimum absolute atomic E-state index is 0.188. The molecule has 2 heterocycles. The molecule has 2 amide bonds. The summed E-state index contributed by atoms with van der Waals surface area (Å²) in [6, 6.07) is 43.9. The Bertz CT molecular complexity index is 2170. The number of phenols is 1. The lowest BCUT2D eigenvalue weighted by Gasteiger charge is -2.43. The molecule has 3 aliphatic rings. The van der Waals surface area contributed by atoms with Gasteiger partial charge in [-0.05, 0) is 114 Å². The third-order valence-corrected chi connectivity index (χ3v) is 10.7. The number of phenolic OH excluding ortho intramolecular Hbond substituents is 1. The van der Waals surface area contributed by atoms with E-state index in [1.54, 1.807) is 24.3 Å². The predicted molar refractivity (Wildman–Crippen MR) is 212 cm³/mol. The van der Waals surface area contributed by atoms with Crippen molar-refractivity contribution in [3.05, 3.63) is 162 Å². The van der Waals surface area contributed by atoms with Gasteiger partial charge in [0.2, 0.25) is 11.8 Å². The summed E-state index contributed by atoms with van der Waals surface area (Å²) in [7, 11) is -1.11. The van der Waals surface area contributed by atoms with Crippen LogP contribution in [-0.4, -0.2) is 41.8 Å². The molecule has 5 aromatic carbocycles. The fourth-order valence-corrected chi connectivity index (χ4v) is 8.26. The number of carbonyl (C=O) groups excluding carboxylic acids is 2. The molecule has 270 valence electrons. The number of nitrogens with one attached hydrogen (secondary N) is 1. The van der Waals surface area contributed by atoms with Crippen LogP contribution in [-0.2, 0) is 14.2 Å². The number of amides is 2. The second-order valence-electron chi connectivity index (χ2n) is 14.1. The number of imide groups is 1. The van der Waals surface area contributed by atoms with Gasteiger partial charge in [0.1, 0.15) is 18.1 Å². The van der Waals surface area contributed by atoms with Crippen molar-refractivity contribution in [1.29, 1.82) is 0 Å². The van der Waals surface area contributed by atoms with Crippen LogP contribution in [0, 0.1) is 17.8 Å². The largest absolute Gasteiger partial charge is 0.507 e. The van der Waals surface area contributed by atoms with Crippen molar-refractivity contribution >= 4 is 47.6 Å². The van der Waals surface area contributed by atoms with Crippen molar-refractivity contribution in [3.63, 3.8) is 0 Å². The molecule has 1 aliphatic carbocycles. The van der Waals surface area contributed by atoms with Crippen LogP contribution < -0.4 is 15.0 Å². The van der Waals surface area contributed by atoms with Crippen molar-refractivity contribution in [2.45, 2.75) is 31.7 Å². The van der Waals surface area contributed by atoms with E-state index >= 15 is 0 Å². The second-order valence-corrected chi connectivity index (χ2v) is 14.1. The predicted octanol–water partition coefficient (Wildman–Crippen LogP) is 8.54. The SMILES string of the molecule is O=C1[C@@H]2[C@@H](CC(COc3ccccc3)=C3[C@@H](CC/C(=C/c4ccccc4O)c4ccccc4)OB(O)C[C@@H]32)C(=O)N1c1ccc(Nc2ccccc2)cc1. The third kappa shape index (κ3) is 7.33. The van der Waals surface area contributed by atoms with Crippen molar-refractivity contribution in [3.8, 4) is 11.5 Å². The highest BCUT2D eigenvalue weighted by Crippen LogP contribution is 2.51. The van der Waals surface area contributed by atoms with Crippen molar-refractivity contribution in [2.24, 2.45) is 17.8 Å². The van der Waals surface area contributed by atoms with E-state index < -0.39 is 31.0 Å². The second kappa shape index (κ2) is 15.6. The van der Waals surface area contributed by atoms with Gasteiger partial charge in [-0.3, -0.25) is 14.5 Å². The highest BCUT2D eigenvalue weighted by atomic mass is 16.5. The van der Waals surface area contributed by atoms with E-state index in [0.717, 1.165) is 33.7 Å². The number of nitrogens with zero attached hydrogens (tertiary/aromatic N) is 1. The fourth-order valence-electron chi connectivity index (χ4n) is 8.26. The number of anilines is 3. The van der Waals surface area contributed by atoms with Crippen molar-refractivity contribution < 1.29 is 29.1 Å². The maximum Gasteiger partial charge on any atom is 0.455 e. The Morgan fingerprint density at radius 3 is 2.17 bits per heavy atom. The Labute approximate surface area is 315 Å². The van der Waals surface area contributed by atoms with Crippen LogP contribution in [0.1, 0.15) is 30.4 Å². The summed E-state index contributed by atoms with van der Waals surface area (Å²) in [5.74, 6) is -1.23. The molecule has 0 radical (unpaired) electrons. The number of para-hydroxylation sites is 3. The molecule has 3 N–H and O–H groups in total. The minimum Gasteiger partial charge on any atom is -0.507 e. The van der Waals surface area contributed by atoms with Gasteiger partial charge >= 0.3 is 7.12 Å². The van der Waals surface area contributed by atoms with E-state index in [9.17, 15) is 19.7 Å². The van der Waals surface area contributed by atoms with Crippen LogP contribution in [0.2, 0.25) is 6.32 Å². The average Bonchev–Trinajstić information content (AvgIpc) is 3.45. The molecule has 54 heavy (non-hydrogen) atoms. The quantitative estimate of drug-likeness (QED) is 0.0544. The number of benzene rings is 5. The highest BCUT2D eigenvalue weighted by Gasteiger charge is 2.57. The lowest BCUT2D eigenvalue weighted by Crippen LogP contribution is -2.46. The highest BCUT2D eigenvalue weighted by molar-refractivity contribution is 6.43. The van der Waals surface area contributed by atoms with Gasteiger partial charge in [-0.1, -0.05) is 84.9 Å². The summed E-state index contributed by atoms with van der Waals surface area (Å²) in [6.45, 7) is 0.232. The first-order valence-electron chi connectivity index (χ1n) is 18.5. The van der Waals surface area contributed by atoms with E-state index in [4.69, 9.17) is 9.39 Å². The number of hydrogen-bond acceptors (Lipinski definition) is 7. The number of allylic oxidation sites excluding steroid dienone is 1. The van der Waals surface area contributed by atoms with Gasteiger partial charge in [-0.15, -0.1) is 0 Å². The Morgan fingerprint density at radius 1 is 0.796 bits per heavy atom. The molecular weight excluding hydrogens is 675 g/mol. The summed E-state index contributed by atoms with van der Waals surface area (Å²) >= 11 is 0. The molecule has 0 aromatic heterocycles. The average molecular weight is 717 g/mol. The van der Waals surface area contributed by atoms with Crippen LogP contribution >= 0.6 is 0 Å². The summed E-state index contributed by atoms with van der Waals surface area (Å²) in [4.78, 5) is 30.0. The first kappa shape index (κ1) is 35.2. The van der Waals surface area contributed by atoms with Gasteiger partial charge in [0.15, 0.2) is 0 Å². The molecular formula is C45H41BN2O6. The molecule has 0 bridgehead atoms. The normalized spacial score (nSPS) is 21.2. The van der Waals surface area contributed by atoms with Gasteiger partial charge in [-0.25, -0.2) is 0 Å². The maximum absolute atomic E-state index is 14.4. The molecule has 2 aliphatic heterocycles. The molecule has 2 saturated heterocycles. The summed E-state index contributed by atoms with van der Waals surface area (Å²) in [5.41, 5.74) is 6.88. The van der Waals surface area contributed by atoms with E-state index in [-0.39, 0.29) is 30.5 Å². The van der Waals surface area contributed by atoms with Crippen LogP contribution in [0.5, 0.6) is 11.5 Å². The lowest BCUT2D eigenvalue weighted by molar-refractivity contribution is -0.122. The summed E-state index contributed by atoms with van der Waals surface area (Å²) in [5, 5.41) is 25.2. The Balaban J connectivity index is 1.11. The smallest absolute Gasteiger partial charge is 0.455 e. The fraction of sp³-hybridized carbons (Fsp3) is 0.200. The lowest BCUT2D eigenvalue weighted by atomic mass is 9.58. The molecule has 0 spiro atoms. The first-order chi connectivity index (χ1) is 26.4. The van der Waals surface area contributed by atoms with Crippen LogP contribution in [0.25, 0.3) is 11.6 Å². The molecule has 2 fully saturated rings. The van der Waals surface area contributed by atoms with Crippen LogP contribution in [0.3, 0.4) is 0 Å². The first-order valence-corrected chi connectivity index (χ1v) is 18.5. The molecule has 9 heteroatoms.